The quantitative estimate of drug-likeness (QED) is 0.258. The van der Waals surface area contributed by atoms with E-state index in [-0.39, 0.29) is 5.41 Å². The molecular formula is C38H48F3N3O4. The van der Waals surface area contributed by atoms with Gasteiger partial charge in [-0.3, -0.25) is 9.88 Å². The van der Waals surface area contributed by atoms with Crippen LogP contribution in [0.1, 0.15) is 92.8 Å². The van der Waals surface area contributed by atoms with Crippen LogP contribution in [-0.4, -0.2) is 53.3 Å². The number of benzene rings is 2. The molecule has 2 aromatic carbocycles. The molecule has 0 bridgehead atoms. The highest BCUT2D eigenvalue weighted by Crippen LogP contribution is 2.45. The molecule has 1 aromatic heterocycles. The maximum Gasteiger partial charge on any atom is 0.416 e. The molecule has 1 N–H and O–H groups in total. The van der Waals surface area contributed by atoms with Crippen LogP contribution in [0.4, 0.5) is 18.9 Å². The van der Waals surface area contributed by atoms with E-state index in [9.17, 15) is 23.1 Å². The number of aromatic nitrogens is 1. The monoisotopic (exact) mass is 667 g/mol. The average molecular weight is 668 g/mol. The van der Waals surface area contributed by atoms with Crippen LogP contribution in [-0.2, 0) is 35.2 Å². The normalized spacial score (nSPS) is 17.6. The number of anilines is 1. The number of hydrogen-bond acceptors (Lipinski definition) is 6. The van der Waals surface area contributed by atoms with Crippen LogP contribution in [0.5, 0.6) is 5.75 Å². The third kappa shape index (κ3) is 7.81. The van der Waals surface area contributed by atoms with Gasteiger partial charge in [-0.25, -0.2) is 4.79 Å². The Bertz CT molecular complexity index is 1670. The lowest BCUT2D eigenvalue weighted by atomic mass is 9.81. The fourth-order valence-corrected chi connectivity index (χ4v) is 6.98. The lowest BCUT2D eigenvalue weighted by Crippen LogP contribution is -2.39. The van der Waals surface area contributed by atoms with Crippen molar-refractivity contribution in [3.63, 3.8) is 0 Å². The van der Waals surface area contributed by atoms with Gasteiger partial charge in [0.05, 0.1) is 24.0 Å². The molecule has 1 atom stereocenters. The van der Waals surface area contributed by atoms with Crippen molar-refractivity contribution in [3.8, 4) is 16.9 Å². The Balaban J connectivity index is 1.54. The summed E-state index contributed by atoms with van der Waals surface area (Å²) in [5, 5.41) is 10.5. The number of rotatable bonds is 8. The van der Waals surface area contributed by atoms with Crippen LogP contribution in [0.2, 0.25) is 0 Å². The minimum absolute atomic E-state index is 0.192. The van der Waals surface area contributed by atoms with Crippen molar-refractivity contribution >= 4 is 11.7 Å². The number of methoxy groups -OCH3 is 1. The number of aliphatic carboxylic acids is 1. The van der Waals surface area contributed by atoms with Crippen molar-refractivity contribution in [2.24, 2.45) is 5.41 Å². The van der Waals surface area contributed by atoms with Crippen molar-refractivity contribution in [2.45, 2.75) is 98.7 Å². The van der Waals surface area contributed by atoms with Crippen LogP contribution >= 0.6 is 0 Å². The second-order valence-corrected chi connectivity index (χ2v) is 15.0. The molecule has 3 aromatic rings. The third-order valence-electron chi connectivity index (χ3n) is 9.56. The first-order chi connectivity index (χ1) is 22.4. The molecule has 1 saturated heterocycles. The number of fused-ring (bicyclic) bond motifs is 1. The molecule has 7 nitrogen and oxygen atoms in total. The van der Waals surface area contributed by atoms with E-state index in [1.165, 1.54) is 19.2 Å². The van der Waals surface area contributed by atoms with E-state index in [0.717, 1.165) is 65.6 Å². The smallest absolute Gasteiger partial charge is 0.416 e. The minimum atomic E-state index is -4.43. The number of hydrogen-bond donors (Lipinski definition) is 1. The van der Waals surface area contributed by atoms with Gasteiger partial charge in [-0.15, -0.1) is 0 Å². The van der Waals surface area contributed by atoms with Gasteiger partial charge in [0.1, 0.15) is 5.75 Å². The zero-order valence-corrected chi connectivity index (χ0v) is 29.3. The Morgan fingerprint density at radius 2 is 1.69 bits per heavy atom. The molecular weight excluding hydrogens is 619 g/mol. The number of carboxylic acid groups (broad SMARTS) is 1. The summed E-state index contributed by atoms with van der Waals surface area (Å²) in [5.74, 6) is -0.614. The van der Waals surface area contributed by atoms with Crippen LogP contribution in [0, 0.1) is 19.3 Å². The number of halogens is 3. The highest BCUT2D eigenvalue weighted by Gasteiger charge is 2.37. The van der Waals surface area contributed by atoms with Crippen LogP contribution < -0.4 is 9.64 Å². The van der Waals surface area contributed by atoms with E-state index < -0.39 is 29.4 Å². The van der Waals surface area contributed by atoms with E-state index >= 15 is 0 Å². The molecule has 48 heavy (non-hydrogen) atoms. The lowest BCUT2D eigenvalue weighted by molar-refractivity contribution is -0.160. The molecule has 2 aliphatic heterocycles. The number of carbonyl (C=O) groups is 1. The van der Waals surface area contributed by atoms with E-state index in [1.54, 1.807) is 0 Å². The Kier molecular flexibility index (Phi) is 9.92. The Hall–Kier alpha value is -3.63. The van der Waals surface area contributed by atoms with Gasteiger partial charge in [-0.1, -0.05) is 32.0 Å². The lowest BCUT2D eigenvalue weighted by Gasteiger charge is -2.41. The number of carboxylic acids is 1. The van der Waals surface area contributed by atoms with Gasteiger partial charge in [-0.2, -0.15) is 13.2 Å². The molecule has 0 radical (unpaired) electrons. The SMILES string of the molecule is COc1ccc(C(F)(F)F)cc1CN1CCc2cc(-c3c(C)nc(C)c([C@H](OC(C)(C)C)C(=O)O)c3N3CCC(C)(C)CC3)ccc2C1. The van der Waals surface area contributed by atoms with Crippen molar-refractivity contribution in [1.82, 2.24) is 9.88 Å². The summed E-state index contributed by atoms with van der Waals surface area (Å²) in [7, 11) is 1.47. The molecule has 1 fully saturated rings. The molecule has 0 saturated carbocycles. The molecule has 0 spiro atoms. The Labute approximate surface area is 282 Å². The molecule has 0 amide bonds. The molecule has 5 rings (SSSR count). The highest BCUT2D eigenvalue weighted by atomic mass is 19.4. The first kappa shape index (κ1) is 35.7. The average Bonchev–Trinajstić information content (AvgIpc) is 2.98. The molecule has 260 valence electrons. The first-order valence-electron chi connectivity index (χ1n) is 16.6. The van der Waals surface area contributed by atoms with Crippen molar-refractivity contribution in [2.75, 3.05) is 31.6 Å². The summed E-state index contributed by atoms with van der Waals surface area (Å²) < 4.78 is 52.0. The summed E-state index contributed by atoms with van der Waals surface area (Å²) >= 11 is 0. The Morgan fingerprint density at radius 3 is 2.29 bits per heavy atom. The number of pyridine rings is 1. The van der Waals surface area contributed by atoms with Gasteiger partial charge in [0, 0.05) is 60.8 Å². The maximum absolute atomic E-state index is 13.5. The topological polar surface area (TPSA) is 75.1 Å². The fraction of sp³-hybridized carbons (Fsp3) is 0.526. The van der Waals surface area contributed by atoms with E-state index in [2.05, 4.69) is 41.8 Å². The van der Waals surface area contributed by atoms with Crippen molar-refractivity contribution in [3.05, 3.63) is 75.6 Å². The second kappa shape index (κ2) is 13.3. The molecule has 3 heterocycles. The van der Waals surface area contributed by atoms with Crippen molar-refractivity contribution in [1.29, 1.82) is 0 Å². The Morgan fingerprint density at radius 1 is 1.00 bits per heavy atom. The zero-order valence-electron chi connectivity index (χ0n) is 29.3. The van der Waals surface area contributed by atoms with Crippen LogP contribution in [0.3, 0.4) is 0 Å². The molecule has 10 heteroatoms. The standard InChI is InChI=1S/C38H48F3N3O4/c1-23-31(33(44-17-14-37(6,7)15-18-44)32(24(2)42-23)34(35(45)46)48-36(3,4)5)26-9-10-27-21-43(16-13-25(27)19-26)22-28-20-29(38(39,40)41)11-12-30(28)47-8/h9-12,19-20,34H,13-18,21-22H2,1-8H3,(H,45,46)/t34-/m0/s1. The number of nitrogens with zero attached hydrogens (tertiary/aromatic N) is 3. The van der Waals surface area contributed by atoms with E-state index in [4.69, 9.17) is 14.5 Å². The molecule has 2 aliphatic rings. The highest BCUT2D eigenvalue weighted by molar-refractivity contribution is 5.88. The van der Waals surface area contributed by atoms with Gasteiger partial charge in [0.25, 0.3) is 0 Å². The third-order valence-corrected chi connectivity index (χ3v) is 9.56. The summed E-state index contributed by atoms with van der Waals surface area (Å²) in [6, 6.07) is 9.95. The summed E-state index contributed by atoms with van der Waals surface area (Å²) in [4.78, 5) is 22.2. The van der Waals surface area contributed by atoms with Crippen molar-refractivity contribution < 1.29 is 32.5 Å². The number of alkyl halides is 3. The maximum atomic E-state index is 13.5. The number of aryl methyl sites for hydroxylation is 2. The predicted octanol–water partition coefficient (Wildman–Crippen LogP) is 8.52. The first-order valence-corrected chi connectivity index (χ1v) is 16.6. The van der Waals surface area contributed by atoms with Gasteiger partial charge < -0.3 is 19.5 Å². The van der Waals surface area contributed by atoms with Gasteiger partial charge in [-0.05, 0) is 94.2 Å². The van der Waals surface area contributed by atoms with Gasteiger partial charge in [0.2, 0.25) is 0 Å². The second-order valence-electron chi connectivity index (χ2n) is 15.0. The zero-order chi connectivity index (χ0) is 35.2. The number of ether oxygens (including phenoxy) is 2. The largest absolute Gasteiger partial charge is 0.496 e. The summed E-state index contributed by atoms with van der Waals surface area (Å²) in [6.45, 7) is 17.1. The van der Waals surface area contributed by atoms with Crippen LogP contribution in [0.25, 0.3) is 11.1 Å². The predicted molar refractivity (Wildman–Crippen MR) is 181 cm³/mol. The minimum Gasteiger partial charge on any atom is -0.496 e. The summed E-state index contributed by atoms with van der Waals surface area (Å²) in [6.07, 6.45) is -2.96. The van der Waals surface area contributed by atoms with Crippen LogP contribution in [0.15, 0.2) is 36.4 Å². The number of piperidine rings is 1. The van der Waals surface area contributed by atoms with E-state index in [1.807, 2.05) is 34.6 Å². The summed E-state index contributed by atoms with van der Waals surface area (Å²) in [5.41, 5.74) is 6.39. The van der Waals surface area contributed by atoms with Gasteiger partial charge in [0.15, 0.2) is 6.10 Å². The van der Waals surface area contributed by atoms with Gasteiger partial charge >= 0.3 is 12.1 Å². The molecule has 0 aliphatic carbocycles. The molecule has 0 unspecified atom stereocenters. The van der Waals surface area contributed by atoms with E-state index in [0.29, 0.717) is 48.6 Å². The fourth-order valence-electron chi connectivity index (χ4n) is 6.98.